The first-order valence-electron chi connectivity index (χ1n) is 9.82. The number of aromatic nitrogens is 1. The molecule has 1 amide bonds. The standard InChI is InChI=1S/C21H26FN3OS/c1-25-11-9-14(10-12-25)13-19(26)23-17-3-2-4-18-20(17)27-21(24-18)15-5-7-16(22)8-6-15/h5-8,14,17H,2-4,9-13H2,1H3,(H,23,26). The highest BCUT2D eigenvalue weighted by molar-refractivity contribution is 7.15. The van der Waals surface area contributed by atoms with E-state index in [4.69, 9.17) is 4.98 Å². The molecule has 4 rings (SSSR count). The molecule has 1 saturated heterocycles. The van der Waals surface area contributed by atoms with E-state index in [1.807, 2.05) is 0 Å². The second-order valence-corrected chi connectivity index (χ2v) is 8.83. The van der Waals surface area contributed by atoms with Crippen molar-refractivity contribution in [1.29, 1.82) is 0 Å². The Bertz CT molecular complexity index is 796. The van der Waals surface area contributed by atoms with Crippen LogP contribution in [-0.4, -0.2) is 35.9 Å². The smallest absolute Gasteiger partial charge is 0.220 e. The fraction of sp³-hybridized carbons (Fsp3) is 0.524. The summed E-state index contributed by atoms with van der Waals surface area (Å²) in [5.74, 6) is 0.429. The van der Waals surface area contributed by atoms with Crippen LogP contribution in [0.1, 0.15) is 48.7 Å². The number of amides is 1. The number of halogens is 1. The Morgan fingerprint density at radius 3 is 2.74 bits per heavy atom. The van der Waals surface area contributed by atoms with Crippen molar-refractivity contribution in [3.05, 3.63) is 40.7 Å². The summed E-state index contributed by atoms with van der Waals surface area (Å²) in [6.45, 7) is 2.17. The molecule has 1 atom stereocenters. The van der Waals surface area contributed by atoms with Gasteiger partial charge in [-0.15, -0.1) is 11.3 Å². The summed E-state index contributed by atoms with van der Waals surface area (Å²) in [5, 5.41) is 4.18. The second-order valence-electron chi connectivity index (χ2n) is 7.80. The molecule has 27 heavy (non-hydrogen) atoms. The molecular formula is C21H26FN3OS. The molecule has 0 saturated carbocycles. The Kier molecular flexibility index (Phi) is 5.55. The maximum Gasteiger partial charge on any atom is 0.220 e. The number of hydrogen-bond donors (Lipinski definition) is 1. The molecule has 1 aliphatic carbocycles. The summed E-state index contributed by atoms with van der Waals surface area (Å²) in [6, 6.07) is 6.55. The van der Waals surface area contributed by atoms with Gasteiger partial charge in [-0.05, 0) is 82.4 Å². The Morgan fingerprint density at radius 1 is 1.26 bits per heavy atom. The largest absolute Gasteiger partial charge is 0.348 e. The van der Waals surface area contributed by atoms with Crippen molar-refractivity contribution in [3.8, 4) is 10.6 Å². The van der Waals surface area contributed by atoms with Crippen molar-refractivity contribution >= 4 is 17.2 Å². The van der Waals surface area contributed by atoms with Crippen molar-refractivity contribution < 1.29 is 9.18 Å². The number of aryl methyl sites for hydroxylation is 1. The molecule has 1 fully saturated rings. The van der Waals surface area contributed by atoms with Crippen molar-refractivity contribution in [2.45, 2.75) is 44.6 Å². The highest BCUT2D eigenvalue weighted by atomic mass is 32.1. The monoisotopic (exact) mass is 387 g/mol. The van der Waals surface area contributed by atoms with Crippen LogP contribution >= 0.6 is 11.3 Å². The lowest BCUT2D eigenvalue weighted by Gasteiger charge is -2.29. The summed E-state index contributed by atoms with van der Waals surface area (Å²) >= 11 is 1.64. The molecule has 6 heteroatoms. The number of carbonyl (C=O) groups excluding carboxylic acids is 1. The molecule has 0 bridgehead atoms. The van der Waals surface area contributed by atoms with E-state index in [2.05, 4.69) is 17.3 Å². The van der Waals surface area contributed by atoms with E-state index in [9.17, 15) is 9.18 Å². The topological polar surface area (TPSA) is 45.2 Å². The number of fused-ring (bicyclic) bond motifs is 1. The van der Waals surface area contributed by atoms with Gasteiger partial charge in [-0.2, -0.15) is 0 Å². The molecule has 0 spiro atoms. The van der Waals surface area contributed by atoms with Crippen molar-refractivity contribution in [3.63, 3.8) is 0 Å². The summed E-state index contributed by atoms with van der Waals surface area (Å²) in [6.07, 6.45) is 5.80. The lowest BCUT2D eigenvalue weighted by Crippen LogP contribution is -2.35. The number of hydrogen-bond acceptors (Lipinski definition) is 4. The number of piperidine rings is 1. The number of benzene rings is 1. The van der Waals surface area contributed by atoms with Crippen LogP contribution in [0.15, 0.2) is 24.3 Å². The highest BCUT2D eigenvalue weighted by Crippen LogP contribution is 2.38. The molecule has 2 heterocycles. The molecule has 4 nitrogen and oxygen atoms in total. The van der Waals surface area contributed by atoms with Gasteiger partial charge in [0.05, 0.1) is 16.6 Å². The Morgan fingerprint density at radius 2 is 2.00 bits per heavy atom. The van der Waals surface area contributed by atoms with Crippen LogP contribution in [0.5, 0.6) is 0 Å². The molecule has 2 aliphatic rings. The maximum atomic E-state index is 13.2. The van der Waals surface area contributed by atoms with Crippen LogP contribution in [-0.2, 0) is 11.2 Å². The maximum absolute atomic E-state index is 13.2. The minimum Gasteiger partial charge on any atom is -0.348 e. The lowest BCUT2D eigenvalue weighted by molar-refractivity contribution is -0.123. The van der Waals surface area contributed by atoms with E-state index in [0.29, 0.717) is 12.3 Å². The predicted molar refractivity (Wildman–Crippen MR) is 106 cm³/mol. The number of carbonyl (C=O) groups is 1. The Balaban J connectivity index is 1.43. The first kappa shape index (κ1) is 18.6. The molecule has 2 aromatic rings. The average molecular weight is 388 g/mol. The Labute approximate surface area is 163 Å². The normalized spacial score (nSPS) is 21.0. The lowest BCUT2D eigenvalue weighted by atomic mass is 9.92. The van der Waals surface area contributed by atoms with E-state index < -0.39 is 0 Å². The quantitative estimate of drug-likeness (QED) is 0.856. The van der Waals surface area contributed by atoms with Gasteiger partial charge in [0.25, 0.3) is 0 Å². The third kappa shape index (κ3) is 4.38. The summed E-state index contributed by atoms with van der Waals surface area (Å²) in [5.41, 5.74) is 2.03. The number of rotatable bonds is 4. The van der Waals surface area contributed by atoms with Crippen molar-refractivity contribution in [1.82, 2.24) is 15.2 Å². The minimum atomic E-state index is -0.237. The molecule has 1 aromatic heterocycles. The van der Waals surface area contributed by atoms with Gasteiger partial charge in [0.1, 0.15) is 10.8 Å². The Hall–Kier alpha value is -1.79. The zero-order chi connectivity index (χ0) is 18.8. The number of thiazole rings is 1. The first-order chi connectivity index (χ1) is 13.1. The van der Waals surface area contributed by atoms with Crippen LogP contribution < -0.4 is 5.32 Å². The van der Waals surface area contributed by atoms with Gasteiger partial charge < -0.3 is 10.2 Å². The number of nitrogens with zero attached hydrogens (tertiary/aromatic N) is 2. The van der Waals surface area contributed by atoms with Crippen molar-refractivity contribution in [2.75, 3.05) is 20.1 Å². The zero-order valence-electron chi connectivity index (χ0n) is 15.7. The van der Waals surface area contributed by atoms with Gasteiger partial charge >= 0.3 is 0 Å². The van der Waals surface area contributed by atoms with Gasteiger partial charge in [0.2, 0.25) is 5.91 Å². The van der Waals surface area contributed by atoms with E-state index in [-0.39, 0.29) is 17.8 Å². The van der Waals surface area contributed by atoms with Gasteiger partial charge in [-0.1, -0.05) is 0 Å². The molecule has 0 radical (unpaired) electrons. The first-order valence-corrected chi connectivity index (χ1v) is 10.6. The van der Waals surface area contributed by atoms with Crippen molar-refractivity contribution in [2.24, 2.45) is 5.92 Å². The van der Waals surface area contributed by atoms with Crippen LogP contribution in [0, 0.1) is 11.7 Å². The van der Waals surface area contributed by atoms with Crippen LogP contribution in [0.25, 0.3) is 10.6 Å². The fourth-order valence-corrected chi connectivity index (χ4v) is 5.26. The van der Waals surface area contributed by atoms with Crippen LogP contribution in [0.3, 0.4) is 0 Å². The summed E-state index contributed by atoms with van der Waals surface area (Å²) in [7, 11) is 2.14. The van der Waals surface area contributed by atoms with E-state index in [0.717, 1.165) is 61.5 Å². The summed E-state index contributed by atoms with van der Waals surface area (Å²) < 4.78 is 13.2. The number of likely N-dealkylation sites (tertiary alicyclic amines) is 1. The van der Waals surface area contributed by atoms with E-state index in [1.165, 1.54) is 17.0 Å². The van der Waals surface area contributed by atoms with Gasteiger partial charge in [-0.3, -0.25) is 4.79 Å². The minimum absolute atomic E-state index is 0.0687. The van der Waals surface area contributed by atoms with E-state index >= 15 is 0 Å². The van der Waals surface area contributed by atoms with Gasteiger partial charge in [-0.25, -0.2) is 9.37 Å². The zero-order valence-corrected chi connectivity index (χ0v) is 16.5. The third-order valence-corrected chi connectivity index (χ3v) is 6.95. The van der Waals surface area contributed by atoms with Crippen LogP contribution in [0.4, 0.5) is 4.39 Å². The summed E-state index contributed by atoms with van der Waals surface area (Å²) in [4.78, 5) is 20.9. The molecule has 1 aliphatic heterocycles. The molecule has 1 unspecified atom stereocenters. The van der Waals surface area contributed by atoms with Crippen LogP contribution in [0.2, 0.25) is 0 Å². The van der Waals surface area contributed by atoms with Gasteiger partial charge in [0, 0.05) is 12.0 Å². The highest BCUT2D eigenvalue weighted by Gasteiger charge is 2.27. The average Bonchev–Trinajstić information content (AvgIpc) is 3.09. The molecule has 144 valence electrons. The number of nitrogens with one attached hydrogen (secondary N) is 1. The molecule has 1 aromatic carbocycles. The predicted octanol–water partition coefficient (Wildman–Crippen LogP) is 4.17. The SMILES string of the molecule is CN1CCC(CC(=O)NC2CCCc3nc(-c4ccc(F)cc4)sc32)CC1. The van der Waals surface area contributed by atoms with E-state index in [1.54, 1.807) is 23.5 Å². The molecule has 1 N–H and O–H groups in total. The molecular weight excluding hydrogens is 361 g/mol. The third-order valence-electron chi connectivity index (χ3n) is 5.69. The fourth-order valence-electron chi connectivity index (χ4n) is 4.05. The second kappa shape index (κ2) is 8.07. The van der Waals surface area contributed by atoms with Gasteiger partial charge in [0.15, 0.2) is 0 Å².